The summed E-state index contributed by atoms with van der Waals surface area (Å²) in [5.74, 6) is -3.84. The molecule has 0 fully saturated rings. The Labute approximate surface area is 96.8 Å². The number of methoxy groups -OCH3 is 2. The lowest BCUT2D eigenvalue weighted by molar-refractivity contribution is -0.131. The Morgan fingerprint density at radius 1 is 1.24 bits per heavy atom. The second-order valence-corrected chi connectivity index (χ2v) is 3.23. The van der Waals surface area contributed by atoms with Crippen molar-refractivity contribution in [2.75, 3.05) is 14.2 Å². The molecule has 0 aliphatic carbocycles. The molecule has 0 amide bonds. The van der Waals surface area contributed by atoms with E-state index in [2.05, 4.69) is 0 Å². The molecular formula is C11H11FO5. The van der Waals surface area contributed by atoms with Crippen molar-refractivity contribution in [2.24, 2.45) is 0 Å². The van der Waals surface area contributed by atoms with Crippen LogP contribution in [0.3, 0.4) is 0 Å². The fourth-order valence-corrected chi connectivity index (χ4v) is 1.49. The minimum absolute atomic E-state index is 0.0112. The summed E-state index contributed by atoms with van der Waals surface area (Å²) in [5.41, 5.74) is -0.0363. The molecule has 5 nitrogen and oxygen atoms in total. The van der Waals surface area contributed by atoms with Crippen molar-refractivity contribution in [1.29, 1.82) is 0 Å². The number of rotatable bonds is 4. The summed E-state index contributed by atoms with van der Waals surface area (Å²) in [7, 11) is 2.53. The summed E-state index contributed by atoms with van der Waals surface area (Å²) >= 11 is 0. The fraction of sp³-hybridized carbons (Fsp3) is 0.273. The number of halogens is 1. The molecule has 1 aromatic rings. The highest BCUT2D eigenvalue weighted by atomic mass is 19.1. The monoisotopic (exact) mass is 242 g/mol. The molecule has 92 valence electrons. The topological polar surface area (TPSA) is 72.8 Å². The molecule has 0 atom stereocenters. The average Bonchev–Trinajstić information content (AvgIpc) is 2.29. The van der Waals surface area contributed by atoms with Crippen molar-refractivity contribution >= 4 is 11.8 Å². The minimum atomic E-state index is -1.65. The minimum Gasteiger partial charge on any atom is -0.492 e. The molecule has 0 bridgehead atoms. The SMILES string of the molecule is COc1c(F)cc(C(=O)C(=O)O)c(C)c1OC. The Hall–Kier alpha value is -2.11. The summed E-state index contributed by atoms with van der Waals surface area (Å²) in [5, 5.41) is 8.60. The Morgan fingerprint density at radius 3 is 2.18 bits per heavy atom. The van der Waals surface area contributed by atoms with Crippen LogP contribution in [-0.2, 0) is 4.79 Å². The van der Waals surface area contributed by atoms with E-state index in [9.17, 15) is 14.0 Å². The van der Waals surface area contributed by atoms with Crippen molar-refractivity contribution in [3.63, 3.8) is 0 Å². The van der Waals surface area contributed by atoms with Crippen LogP contribution < -0.4 is 9.47 Å². The molecule has 1 aromatic carbocycles. The molecule has 0 aliphatic rings. The molecule has 1 rings (SSSR count). The quantitative estimate of drug-likeness (QED) is 0.638. The van der Waals surface area contributed by atoms with E-state index < -0.39 is 17.6 Å². The van der Waals surface area contributed by atoms with Crippen LogP contribution in [0, 0.1) is 12.7 Å². The number of hydrogen-bond acceptors (Lipinski definition) is 4. The van der Waals surface area contributed by atoms with Gasteiger partial charge in [0.05, 0.1) is 14.2 Å². The number of benzene rings is 1. The first-order valence-electron chi connectivity index (χ1n) is 4.62. The van der Waals surface area contributed by atoms with Gasteiger partial charge in [-0.05, 0) is 13.0 Å². The normalized spacial score (nSPS) is 9.88. The van der Waals surface area contributed by atoms with Gasteiger partial charge in [-0.1, -0.05) is 0 Å². The predicted octanol–water partition coefficient (Wildman–Crippen LogP) is 1.42. The summed E-state index contributed by atoms with van der Waals surface area (Å²) in [4.78, 5) is 21.9. The van der Waals surface area contributed by atoms with Gasteiger partial charge in [-0.25, -0.2) is 9.18 Å². The number of aliphatic carboxylic acids is 1. The van der Waals surface area contributed by atoms with Gasteiger partial charge < -0.3 is 14.6 Å². The highest BCUT2D eigenvalue weighted by Gasteiger charge is 2.24. The summed E-state index contributed by atoms with van der Waals surface area (Å²) in [6.07, 6.45) is 0. The summed E-state index contributed by atoms with van der Waals surface area (Å²) < 4.78 is 23.2. The van der Waals surface area contributed by atoms with E-state index in [0.29, 0.717) is 0 Å². The molecule has 17 heavy (non-hydrogen) atoms. The zero-order valence-electron chi connectivity index (χ0n) is 9.54. The Kier molecular flexibility index (Phi) is 3.67. The maximum absolute atomic E-state index is 13.6. The molecule has 0 saturated heterocycles. The maximum Gasteiger partial charge on any atom is 0.377 e. The first kappa shape index (κ1) is 13.0. The van der Waals surface area contributed by atoms with Crippen LogP contribution in [0.15, 0.2) is 6.07 Å². The lowest BCUT2D eigenvalue weighted by Gasteiger charge is -2.13. The van der Waals surface area contributed by atoms with Crippen molar-refractivity contribution in [3.8, 4) is 11.5 Å². The second kappa shape index (κ2) is 4.82. The summed E-state index contributed by atoms with van der Waals surface area (Å²) in [6, 6.07) is 0.827. The Bertz CT molecular complexity index is 481. The highest BCUT2D eigenvalue weighted by Crippen LogP contribution is 2.35. The third-order valence-electron chi connectivity index (χ3n) is 2.29. The van der Waals surface area contributed by atoms with Crippen molar-refractivity contribution in [1.82, 2.24) is 0 Å². The molecule has 1 N–H and O–H groups in total. The molecule has 0 heterocycles. The van der Waals surface area contributed by atoms with Gasteiger partial charge in [-0.3, -0.25) is 4.79 Å². The van der Waals surface area contributed by atoms with Gasteiger partial charge in [0.2, 0.25) is 0 Å². The van der Waals surface area contributed by atoms with Crippen LogP contribution in [0.5, 0.6) is 11.5 Å². The van der Waals surface area contributed by atoms with Crippen molar-refractivity contribution in [2.45, 2.75) is 6.92 Å². The Morgan fingerprint density at radius 2 is 1.76 bits per heavy atom. The molecule has 6 heteroatoms. The zero-order valence-corrected chi connectivity index (χ0v) is 9.54. The van der Waals surface area contributed by atoms with Crippen molar-refractivity contribution in [3.05, 3.63) is 23.0 Å². The summed E-state index contributed by atoms with van der Waals surface area (Å²) in [6.45, 7) is 1.46. The van der Waals surface area contributed by atoms with E-state index in [1.165, 1.54) is 21.1 Å². The van der Waals surface area contributed by atoms with Gasteiger partial charge >= 0.3 is 5.97 Å². The number of carbonyl (C=O) groups excluding carboxylic acids is 1. The molecule has 0 saturated carbocycles. The van der Waals surface area contributed by atoms with Gasteiger partial charge in [0.1, 0.15) is 0 Å². The zero-order chi connectivity index (χ0) is 13.2. The third kappa shape index (κ3) is 2.20. The maximum atomic E-state index is 13.6. The van der Waals surface area contributed by atoms with Crippen LogP contribution in [0.2, 0.25) is 0 Å². The molecular weight excluding hydrogens is 231 g/mol. The van der Waals surface area contributed by atoms with Crippen LogP contribution in [0.25, 0.3) is 0 Å². The molecule has 0 aromatic heterocycles. The fourth-order valence-electron chi connectivity index (χ4n) is 1.49. The Balaban J connectivity index is 3.51. The first-order chi connectivity index (χ1) is 7.93. The number of ketones is 1. The molecule has 0 aliphatic heterocycles. The largest absolute Gasteiger partial charge is 0.492 e. The van der Waals surface area contributed by atoms with Crippen molar-refractivity contribution < 1.29 is 28.6 Å². The average molecular weight is 242 g/mol. The van der Waals surface area contributed by atoms with Gasteiger partial charge in [0.15, 0.2) is 17.3 Å². The van der Waals surface area contributed by atoms with E-state index in [4.69, 9.17) is 14.6 Å². The molecule has 0 spiro atoms. The highest BCUT2D eigenvalue weighted by molar-refractivity contribution is 6.40. The van der Waals surface area contributed by atoms with E-state index in [1.807, 2.05) is 0 Å². The molecule has 0 radical (unpaired) electrons. The number of hydrogen-bond donors (Lipinski definition) is 1. The predicted molar refractivity (Wildman–Crippen MR) is 56.2 cm³/mol. The van der Waals surface area contributed by atoms with Gasteiger partial charge in [-0.15, -0.1) is 0 Å². The standard InChI is InChI=1S/C11H11FO5/c1-5-6(8(13)11(14)15)4-7(12)10(17-3)9(5)16-2/h4H,1-3H3,(H,14,15). The van der Waals surface area contributed by atoms with Crippen LogP contribution >= 0.6 is 0 Å². The van der Waals surface area contributed by atoms with Crippen LogP contribution in [0.4, 0.5) is 4.39 Å². The first-order valence-corrected chi connectivity index (χ1v) is 4.62. The lowest BCUT2D eigenvalue weighted by Crippen LogP contribution is -2.15. The van der Waals surface area contributed by atoms with E-state index in [1.54, 1.807) is 0 Å². The molecule has 0 unspecified atom stereocenters. The second-order valence-electron chi connectivity index (χ2n) is 3.23. The smallest absolute Gasteiger partial charge is 0.377 e. The number of ether oxygens (including phenoxy) is 2. The number of carboxylic acids is 1. The number of Topliss-reactive ketones (excluding diaryl/α,β-unsaturated/α-hetero) is 1. The van der Waals surface area contributed by atoms with Gasteiger partial charge in [0.25, 0.3) is 5.78 Å². The lowest BCUT2D eigenvalue weighted by atomic mass is 10.0. The van der Waals surface area contributed by atoms with Gasteiger partial charge in [0, 0.05) is 11.1 Å². The number of carbonyl (C=O) groups is 2. The van der Waals surface area contributed by atoms with Gasteiger partial charge in [-0.2, -0.15) is 0 Å². The number of carboxylic acid groups (broad SMARTS) is 1. The third-order valence-corrected chi connectivity index (χ3v) is 2.29. The van der Waals surface area contributed by atoms with E-state index >= 15 is 0 Å². The van der Waals surface area contributed by atoms with Crippen LogP contribution in [-0.4, -0.2) is 31.1 Å². The van der Waals surface area contributed by atoms with E-state index in [-0.39, 0.29) is 22.6 Å². The van der Waals surface area contributed by atoms with E-state index in [0.717, 1.165) is 6.07 Å². The van der Waals surface area contributed by atoms with Crippen LogP contribution in [0.1, 0.15) is 15.9 Å².